The van der Waals surface area contributed by atoms with Crippen LogP contribution in [0, 0.1) is 5.92 Å². The number of aromatic nitrogens is 4. The molecule has 1 fully saturated rings. The summed E-state index contributed by atoms with van der Waals surface area (Å²) < 4.78 is 1.49. The summed E-state index contributed by atoms with van der Waals surface area (Å²) in [4.78, 5) is 12.5. The van der Waals surface area contributed by atoms with Crippen molar-refractivity contribution < 1.29 is 4.79 Å². The zero-order valence-electron chi connectivity index (χ0n) is 11.6. The second-order valence-corrected chi connectivity index (χ2v) is 5.28. The number of carbonyl (C=O) groups is 1. The van der Waals surface area contributed by atoms with E-state index in [2.05, 4.69) is 20.8 Å². The van der Waals surface area contributed by atoms with Gasteiger partial charge in [0.1, 0.15) is 6.33 Å². The summed E-state index contributed by atoms with van der Waals surface area (Å²) in [6, 6.07) is 7.44. The normalized spacial score (nSPS) is 21.4. The predicted molar refractivity (Wildman–Crippen MR) is 76.8 cm³/mol. The van der Waals surface area contributed by atoms with Crippen LogP contribution in [-0.4, -0.2) is 38.7 Å². The van der Waals surface area contributed by atoms with Crippen LogP contribution in [0.4, 0.5) is 0 Å². The molecule has 2 aromatic rings. The fourth-order valence-electron chi connectivity index (χ4n) is 2.89. The van der Waals surface area contributed by atoms with Gasteiger partial charge < -0.3 is 11.1 Å². The number of hydrogen-bond acceptors (Lipinski definition) is 5. The highest BCUT2D eigenvalue weighted by Crippen LogP contribution is 2.25. The molecule has 0 radical (unpaired) electrons. The Morgan fingerprint density at radius 2 is 2.24 bits per heavy atom. The second kappa shape index (κ2) is 6.01. The number of carbonyl (C=O) groups excluding carboxylic acids is 1. The van der Waals surface area contributed by atoms with Crippen LogP contribution < -0.4 is 11.1 Å². The van der Waals surface area contributed by atoms with E-state index in [9.17, 15) is 4.79 Å². The van der Waals surface area contributed by atoms with E-state index in [-0.39, 0.29) is 11.9 Å². The number of hydrogen-bond donors (Lipinski definition) is 2. The minimum absolute atomic E-state index is 0.105. The molecule has 1 saturated carbocycles. The molecule has 7 heteroatoms. The Morgan fingerprint density at radius 1 is 1.38 bits per heavy atom. The standard InChI is InChI=1S/C14H18N6O/c15-8-10-4-3-6-12(10)17-14(21)11-5-1-2-7-13(11)20-9-16-18-19-20/h1-2,5,7,9-10,12H,3-4,6,8,15H2,(H,17,21). The van der Waals surface area contributed by atoms with Crippen LogP contribution in [0.2, 0.25) is 0 Å². The van der Waals surface area contributed by atoms with Gasteiger partial charge in [0.05, 0.1) is 11.3 Å². The van der Waals surface area contributed by atoms with E-state index in [0.717, 1.165) is 19.3 Å². The zero-order chi connectivity index (χ0) is 14.7. The number of para-hydroxylation sites is 1. The molecule has 0 saturated heterocycles. The van der Waals surface area contributed by atoms with E-state index in [1.807, 2.05) is 18.2 Å². The average Bonchev–Trinajstić information content (AvgIpc) is 3.18. The van der Waals surface area contributed by atoms with Crippen molar-refractivity contribution in [2.45, 2.75) is 25.3 Å². The second-order valence-electron chi connectivity index (χ2n) is 5.28. The van der Waals surface area contributed by atoms with Gasteiger partial charge in [-0.15, -0.1) is 5.10 Å². The summed E-state index contributed by atoms with van der Waals surface area (Å²) in [5, 5.41) is 14.2. The molecule has 1 aromatic carbocycles. The Bertz CT molecular complexity index is 612. The Balaban J connectivity index is 1.82. The fourth-order valence-corrected chi connectivity index (χ4v) is 2.89. The molecule has 0 spiro atoms. The van der Waals surface area contributed by atoms with Crippen LogP contribution >= 0.6 is 0 Å². The van der Waals surface area contributed by atoms with Crippen LogP contribution in [-0.2, 0) is 0 Å². The number of nitrogens with two attached hydrogens (primary N) is 1. The summed E-state index contributed by atoms with van der Waals surface area (Å²) >= 11 is 0. The van der Waals surface area contributed by atoms with Crippen molar-refractivity contribution in [2.24, 2.45) is 11.7 Å². The molecule has 1 heterocycles. The zero-order valence-corrected chi connectivity index (χ0v) is 11.6. The van der Waals surface area contributed by atoms with Gasteiger partial charge in [0.25, 0.3) is 5.91 Å². The Hall–Kier alpha value is -2.28. The van der Waals surface area contributed by atoms with Gasteiger partial charge in [-0.2, -0.15) is 4.68 Å². The van der Waals surface area contributed by atoms with E-state index < -0.39 is 0 Å². The van der Waals surface area contributed by atoms with Crippen LogP contribution in [0.25, 0.3) is 5.69 Å². The van der Waals surface area contributed by atoms with Gasteiger partial charge in [-0.25, -0.2) is 0 Å². The number of nitrogens with zero attached hydrogens (tertiary/aromatic N) is 4. The summed E-state index contributed by atoms with van der Waals surface area (Å²) in [6.07, 6.45) is 4.66. The fraction of sp³-hybridized carbons (Fsp3) is 0.429. The molecular weight excluding hydrogens is 268 g/mol. The lowest BCUT2D eigenvalue weighted by molar-refractivity contribution is 0.0928. The molecule has 3 rings (SSSR count). The molecule has 1 aliphatic rings. The van der Waals surface area contributed by atoms with E-state index in [1.54, 1.807) is 6.07 Å². The third-order valence-electron chi connectivity index (χ3n) is 4.02. The quantitative estimate of drug-likeness (QED) is 0.853. The number of amides is 1. The number of benzene rings is 1. The van der Waals surface area contributed by atoms with Gasteiger partial charge in [-0.05, 0) is 47.9 Å². The third kappa shape index (κ3) is 2.78. The van der Waals surface area contributed by atoms with E-state index in [0.29, 0.717) is 23.7 Å². The molecular formula is C14H18N6O. The molecule has 7 nitrogen and oxygen atoms in total. The highest BCUT2D eigenvalue weighted by molar-refractivity contribution is 5.97. The maximum absolute atomic E-state index is 12.5. The molecule has 1 amide bonds. The van der Waals surface area contributed by atoms with Gasteiger partial charge >= 0.3 is 0 Å². The van der Waals surface area contributed by atoms with Crippen molar-refractivity contribution in [3.05, 3.63) is 36.2 Å². The summed E-state index contributed by atoms with van der Waals surface area (Å²) in [5.74, 6) is 0.264. The molecule has 110 valence electrons. The Kier molecular flexibility index (Phi) is 3.92. The summed E-state index contributed by atoms with van der Waals surface area (Å²) in [6.45, 7) is 0.611. The first-order valence-electron chi connectivity index (χ1n) is 7.13. The van der Waals surface area contributed by atoms with Crippen LogP contribution in [0.1, 0.15) is 29.6 Å². The number of tetrazole rings is 1. The topological polar surface area (TPSA) is 98.7 Å². The molecule has 2 atom stereocenters. The summed E-state index contributed by atoms with van der Waals surface area (Å²) in [5.41, 5.74) is 6.99. The SMILES string of the molecule is NCC1CCCC1NC(=O)c1ccccc1-n1cnnn1. The highest BCUT2D eigenvalue weighted by Gasteiger charge is 2.28. The highest BCUT2D eigenvalue weighted by atomic mass is 16.1. The van der Waals surface area contributed by atoms with Crippen molar-refractivity contribution in [1.82, 2.24) is 25.5 Å². The lowest BCUT2D eigenvalue weighted by Crippen LogP contribution is -2.40. The van der Waals surface area contributed by atoms with Crippen molar-refractivity contribution in [1.29, 1.82) is 0 Å². The van der Waals surface area contributed by atoms with Gasteiger partial charge in [-0.3, -0.25) is 4.79 Å². The first kappa shape index (κ1) is 13.7. The maximum atomic E-state index is 12.5. The first-order chi connectivity index (χ1) is 10.3. The Labute approximate surface area is 122 Å². The summed E-state index contributed by atoms with van der Waals surface area (Å²) in [7, 11) is 0. The lowest BCUT2D eigenvalue weighted by Gasteiger charge is -2.20. The predicted octanol–water partition coefficient (Wildman–Crippen LogP) is 0.519. The third-order valence-corrected chi connectivity index (χ3v) is 4.02. The Morgan fingerprint density at radius 3 is 3.00 bits per heavy atom. The molecule has 1 aromatic heterocycles. The van der Waals surface area contributed by atoms with Crippen molar-refractivity contribution >= 4 is 5.91 Å². The molecule has 2 unspecified atom stereocenters. The molecule has 21 heavy (non-hydrogen) atoms. The van der Waals surface area contributed by atoms with Gasteiger partial charge in [-0.1, -0.05) is 18.6 Å². The van der Waals surface area contributed by atoms with E-state index in [4.69, 9.17) is 5.73 Å². The minimum atomic E-state index is -0.105. The number of nitrogens with one attached hydrogen (secondary N) is 1. The van der Waals surface area contributed by atoms with Gasteiger partial charge in [0.15, 0.2) is 0 Å². The van der Waals surface area contributed by atoms with Crippen molar-refractivity contribution in [2.75, 3.05) is 6.54 Å². The van der Waals surface area contributed by atoms with Gasteiger partial charge in [0.2, 0.25) is 0 Å². The minimum Gasteiger partial charge on any atom is -0.349 e. The first-order valence-corrected chi connectivity index (χ1v) is 7.13. The molecule has 3 N–H and O–H groups in total. The monoisotopic (exact) mass is 286 g/mol. The average molecular weight is 286 g/mol. The maximum Gasteiger partial charge on any atom is 0.253 e. The van der Waals surface area contributed by atoms with E-state index >= 15 is 0 Å². The molecule has 0 aliphatic heterocycles. The van der Waals surface area contributed by atoms with Crippen molar-refractivity contribution in [3.63, 3.8) is 0 Å². The van der Waals surface area contributed by atoms with E-state index in [1.165, 1.54) is 11.0 Å². The van der Waals surface area contributed by atoms with Crippen LogP contribution in [0.5, 0.6) is 0 Å². The smallest absolute Gasteiger partial charge is 0.253 e. The van der Waals surface area contributed by atoms with Gasteiger partial charge in [0, 0.05) is 6.04 Å². The largest absolute Gasteiger partial charge is 0.349 e. The lowest BCUT2D eigenvalue weighted by atomic mass is 10.0. The molecule has 1 aliphatic carbocycles. The number of rotatable bonds is 4. The van der Waals surface area contributed by atoms with Crippen LogP contribution in [0.15, 0.2) is 30.6 Å². The molecule has 0 bridgehead atoms. The van der Waals surface area contributed by atoms with Crippen LogP contribution in [0.3, 0.4) is 0 Å². The van der Waals surface area contributed by atoms with Crippen molar-refractivity contribution in [3.8, 4) is 5.69 Å².